The van der Waals surface area contributed by atoms with Crippen LogP contribution in [0.4, 0.5) is 4.39 Å². The first kappa shape index (κ1) is 15.1. The highest BCUT2D eigenvalue weighted by atomic mass is 19.1. The Kier molecular flexibility index (Phi) is 3.31. The van der Waals surface area contributed by atoms with Gasteiger partial charge in [0, 0.05) is 12.5 Å². The fourth-order valence-corrected chi connectivity index (χ4v) is 6.15. The molecule has 0 amide bonds. The Hall–Kier alpha value is -1.42. The lowest BCUT2D eigenvalue weighted by molar-refractivity contribution is -0.185. The lowest BCUT2D eigenvalue weighted by Crippen LogP contribution is -2.62. The van der Waals surface area contributed by atoms with E-state index in [0.717, 1.165) is 37.7 Å². The molecule has 0 saturated heterocycles. The summed E-state index contributed by atoms with van der Waals surface area (Å²) < 4.78 is 19.3. The van der Waals surface area contributed by atoms with Gasteiger partial charge in [0.25, 0.3) is 0 Å². The van der Waals surface area contributed by atoms with Crippen molar-refractivity contribution in [1.29, 1.82) is 0 Å². The number of carbonyl (C=O) groups is 1. The van der Waals surface area contributed by atoms with Gasteiger partial charge in [-0.25, -0.2) is 4.39 Å². The van der Waals surface area contributed by atoms with E-state index in [4.69, 9.17) is 4.74 Å². The Morgan fingerprint density at radius 2 is 1.83 bits per heavy atom. The predicted octanol–water partition coefficient (Wildman–Crippen LogP) is 3.76. The second-order valence-electron chi connectivity index (χ2n) is 7.85. The number of hydrogen-bond acceptors (Lipinski definition) is 2. The quantitative estimate of drug-likeness (QED) is 0.919. The van der Waals surface area contributed by atoms with Crippen molar-refractivity contribution in [2.75, 3.05) is 7.11 Å². The smallest absolute Gasteiger partial charge is 0.304 e. The Morgan fingerprint density at radius 3 is 2.35 bits per heavy atom. The molecule has 4 heteroatoms. The highest BCUT2D eigenvalue weighted by Gasteiger charge is 2.63. The number of methoxy groups -OCH3 is 1. The molecule has 4 aliphatic rings. The van der Waals surface area contributed by atoms with E-state index in [1.807, 2.05) is 0 Å². The number of aliphatic carboxylic acids is 1. The summed E-state index contributed by atoms with van der Waals surface area (Å²) >= 11 is 0. The monoisotopic (exact) mass is 318 g/mol. The van der Waals surface area contributed by atoms with Gasteiger partial charge in [-0.05, 0) is 67.6 Å². The first-order chi connectivity index (χ1) is 11.0. The molecule has 4 saturated carbocycles. The molecule has 23 heavy (non-hydrogen) atoms. The largest absolute Gasteiger partial charge is 0.481 e. The van der Waals surface area contributed by atoms with Gasteiger partial charge in [-0.3, -0.25) is 4.79 Å². The van der Waals surface area contributed by atoms with E-state index in [2.05, 4.69) is 0 Å². The summed E-state index contributed by atoms with van der Waals surface area (Å²) in [5.41, 5.74) is 0.582. The first-order valence-electron chi connectivity index (χ1n) is 8.50. The molecule has 0 heterocycles. The Morgan fingerprint density at radius 1 is 1.22 bits per heavy atom. The van der Waals surface area contributed by atoms with Crippen LogP contribution >= 0.6 is 0 Å². The topological polar surface area (TPSA) is 46.5 Å². The van der Waals surface area contributed by atoms with Crippen LogP contribution in [-0.2, 0) is 14.9 Å². The molecule has 1 N–H and O–H groups in total. The molecule has 2 unspecified atom stereocenters. The van der Waals surface area contributed by atoms with E-state index in [1.165, 1.54) is 12.1 Å². The van der Waals surface area contributed by atoms with Gasteiger partial charge < -0.3 is 9.84 Å². The summed E-state index contributed by atoms with van der Waals surface area (Å²) in [4.78, 5) is 11.7. The Bertz CT molecular complexity index is 608. The van der Waals surface area contributed by atoms with Crippen molar-refractivity contribution in [2.45, 2.75) is 49.5 Å². The van der Waals surface area contributed by atoms with Crippen molar-refractivity contribution in [2.24, 2.45) is 17.8 Å². The van der Waals surface area contributed by atoms with Crippen LogP contribution in [0.5, 0.6) is 0 Å². The predicted molar refractivity (Wildman–Crippen MR) is 83.6 cm³/mol. The normalized spacial score (nSPS) is 41.2. The summed E-state index contributed by atoms with van der Waals surface area (Å²) in [6.45, 7) is 0. The van der Waals surface area contributed by atoms with Gasteiger partial charge in [0.05, 0.1) is 12.0 Å². The van der Waals surface area contributed by atoms with E-state index in [0.29, 0.717) is 17.8 Å². The molecule has 4 aliphatic carbocycles. The van der Waals surface area contributed by atoms with Crippen LogP contribution in [-0.4, -0.2) is 23.8 Å². The highest BCUT2D eigenvalue weighted by Crippen LogP contribution is 2.66. The third-order valence-corrected chi connectivity index (χ3v) is 6.85. The number of carboxylic acid groups (broad SMARTS) is 1. The number of benzene rings is 1. The van der Waals surface area contributed by atoms with Crippen LogP contribution in [0.1, 0.15) is 44.1 Å². The summed E-state index contributed by atoms with van der Waals surface area (Å²) in [5.74, 6) is 0.255. The molecule has 2 atom stereocenters. The van der Waals surface area contributed by atoms with Crippen LogP contribution < -0.4 is 0 Å². The lowest BCUT2D eigenvalue weighted by Gasteiger charge is -2.65. The fourth-order valence-electron chi connectivity index (χ4n) is 6.15. The zero-order valence-corrected chi connectivity index (χ0v) is 13.4. The molecule has 5 rings (SSSR count). The number of carboxylic acids is 1. The van der Waals surface area contributed by atoms with Crippen molar-refractivity contribution < 1.29 is 19.0 Å². The maximum absolute atomic E-state index is 13.4. The molecule has 3 nitrogen and oxygen atoms in total. The molecule has 0 spiro atoms. The number of ether oxygens (including phenoxy) is 1. The van der Waals surface area contributed by atoms with E-state index >= 15 is 0 Å². The maximum atomic E-state index is 13.4. The van der Waals surface area contributed by atoms with Crippen molar-refractivity contribution in [1.82, 2.24) is 0 Å². The summed E-state index contributed by atoms with van der Waals surface area (Å²) in [7, 11) is 1.80. The molecule has 0 aromatic heterocycles. The van der Waals surface area contributed by atoms with Gasteiger partial charge in [-0.2, -0.15) is 0 Å². The lowest BCUT2D eigenvalue weighted by atomic mass is 9.41. The van der Waals surface area contributed by atoms with Crippen LogP contribution in [0.15, 0.2) is 24.3 Å². The Balaban J connectivity index is 1.81. The number of halogens is 1. The molecular formula is C19H23FO3. The van der Waals surface area contributed by atoms with Crippen molar-refractivity contribution in [3.63, 3.8) is 0 Å². The Labute approximate surface area is 135 Å². The second kappa shape index (κ2) is 5.04. The van der Waals surface area contributed by atoms with Gasteiger partial charge in [0.1, 0.15) is 5.82 Å². The van der Waals surface area contributed by atoms with Gasteiger partial charge in [0.2, 0.25) is 0 Å². The fraction of sp³-hybridized carbons (Fsp3) is 0.632. The number of hydrogen-bond donors (Lipinski definition) is 1. The van der Waals surface area contributed by atoms with Crippen molar-refractivity contribution in [3.8, 4) is 0 Å². The zero-order valence-electron chi connectivity index (χ0n) is 13.4. The molecule has 0 aliphatic heterocycles. The average molecular weight is 318 g/mol. The maximum Gasteiger partial charge on any atom is 0.304 e. The number of rotatable bonds is 4. The average Bonchev–Trinajstić information content (AvgIpc) is 2.51. The third kappa shape index (κ3) is 2.14. The minimum absolute atomic E-state index is 0.0570. The van der Waals surface area contributed by atoms with Crippen molar-refractivity contribution >= 4 is 5.97 Å². The summed E-state index contributed by atoms with van der Waals surface area (Å²) in [5, 5.41) is 9.60. The van der Waals surface area contributed by atoms with Gasteiger partial charge >= 0.3 is 5.97 Å². The zero-order chi connectivity index (χ0) is 16.2. The summed E-state index contributed by atoms with van der Waals surface area (Å²) in [6.07, 6.45) is 5.27. The van der Waals surface area contributed by atoms with E-state index in [-0.39, 0.29) is 23.3 Å². The van der Waals surface area contributed by atoms with E-state index in [1.54, 1.807) is 19.2 Å². The van der Waals surface area contributed by atoms with E-state index < -0.39 is 5.97 Å². The third-order valence-electron chi connectivity index (χ3n) is 6.85. The molecule has 1 aromatic rings. The van der Waals surface area contributed by atoms with E-state index in [9.17, 15) is 14.3 Å². The van der Waals surface area contributed by atoms with Crippen LogP contribution in [0, 0.1) is 23.6 Å². The second-order valence-corrected chi connectivity index (χ2v) is 7.85. The standard InChI is InChI=1S/C19H23FO3/c1-23-18-8-12-6-14(9-18)19(11-17(21)22,15(7-12)10-18)13-2-4-16(20)5-3-13/h2-5,12,14-15H,6-11H2,1H3,(H,21,22)/t12?,14?,15?,18-,19+. The van der Waals surface area contributed by atoms with Gasteiger partial charge in [-0.15, -0.1) is 0 Å². The molecule has 1 aromatic carbocycles. The SMILES string of the molecule is CO[C@]12CC3CC(C1)[C@](CC(=O)O)(c1ccc(F)cc1)C(C3)C2. The van der Waals surface area contributed by atoms with Crippen LogP contribution in [0.2, 0.25) is 0 Å². The molecule has 4 bridgehead atoms. The first-order valence-corrected chi connectivity index (χ1v) is 8.50. The molecule has 4 fully saturated rings. The molecule has 124 valence electrons. The molecule has 0 radical (unpaired) electrons. The minimum atomic E-state index is -0.756. The summed E-state index contributed by atoms with van der Waals surface area (Å²) in [6, 6.07) is 6.55. The van der Waals surface area contributed by atoms with Crippen LogP contribution in [0.25, 0.3) is 0 Å². The van der Waals surface area contributed by atoms with Crippen LogP contribution in [0.3, 0.4) is 0 Å². The van der Waals surface area contributed by atoms with Gasteiger partial charge in [0.15, 0.2) is 0 Å². The van der Waals surface area contributed by atoms with Crippen molar-refractivity contribution in [3.05, 3.63) is 35.6 Å². The minimum Gasteiger partial charge on any atom is -0.481 e. The highest BCUT2D eigenvalue weighted by molar-refractivity contribution is 5.69. The van der Waals surface area contributed by atoms with Gasteiger partial charge in [-0.1, -0.05) is 12.1 Å². The molecular weight excluding hydrogens is 295 g/mol.